The molecule has 2 aromatic carbocycles. The Kier molecular flexibility index (Phi) is 5.20. The highest BCUT2D eigenvalue weighted by Gasteiger charge is 2.26. The SMILES string of the molecule is Cc1ccc(OC(=O)c2cccc(S(=O)(=O)N3CCCCC3)c2)cc1. The molecule has 5 nitrogen and oxygen atoms in total. The Hall–Kier alpha value is -2.18. The molecule has 0 radical (unpaired) electrons. The van der Waals surface area contributed by atoms with Gasteiger partial charge in [-0.3, -0.25) is 0 Å². The van der Waals surface area contributed by atoms with Gasteiger partial charge in [0.25, 0.3) is 0 Å². The Morgan fingerprint density at radius 2 is 1.68 bits per heavy atom. The van der Waals surface area contributed by atoms with Gasteiger partial charge in [0.2, 0.25) is 10.0 Å². The van der Waals surface area contributed by atoms with Gasteiger partial charge in [0.05, 0.1) is 10.5 Å². The zero-order chi connectivity index (χ0) is 17.9. The molecule has 0 saturated carbocycles. The first-order valence-electron chi connectivity index (χ1n) is 8.36. The number of sulfonamides is 1. The number of ether oxygens (including phenoxy) is 1. The average Bonchev–Trinajstić information content (AvgIpc) is 2.64. The van der Waals surface area contributed by atoms with E-state index in [1.54, 1.807) is 24.3 Å². The van der Waals surface area contributed by atoms with E-state index < -0.39 is 16.0 Å². The van der Waals surface area contributed by atoms with Crippen LogP contribution in [0.2, 0.25) is 0 Å². The lowest BCUT2D eigenvalue weighted by molar-refractivity contribution is 0.0734. The van der Waals surface area contributed by atoms with Gasteiger partial charge in [0, 0.05) is 13.1 Å². The van der Waals surface area contributed by atoms with Crippen molar-refractivity contribution in [2.24, 2.45) is 0 Å². The summed E-state index contributed by atoms with van der Waals surface area (Å²) in [4.78, 5) is 12.5. The maximum atomic E-state index is 12.7. The van der Waals surface area contributed by atoms with Crippen LogP contribution in [0.4, 0.5) is 0 Å². The van der Waals surface area contributed by atoms with E-state index in [2.05, 4.69) is 0 Å². The summed E-state index contributed by atoms with van der Waals surface area (Å²) in [6.07, 6.45) is 2.79. The predicted molar refractivity (Wildman–Crippen MR) is 95.2 cm³/mol. The van der Waals surface area contributed by atoms with Gasteiger partial charge in [-0.05, 0) is 50.1 Å². The van der Waals surface area contributed by atoms with E-state index in [0.717, 1.165) is 24.8 Å². The molecule has 0 aromatic heterocycles. The molecule has 6 heteroatoms. The second-order valence-corrected chi connectivity index (χ2v) is 8.13. The first-order valence-corrected chi connectivity index (χ1v) is 9.80. The van der Waals surface area contributed by atoms with Gasteiger partial charge in [-0.15, -0.1) is 0 Å². The van der Waals surface area contributed by atoms with Crippen molar-refractivity contribution in [2.45, 2.75) is 31.1 Å². The number of piperidine rings is 1. The summed E-state index contributed by atoms with van der Waals surface area (Å²) in [5.41, 5.74) is 1.29. The maximum Gasteiger partial charge on any atom is 0.343 e. The Morgan fingerprint density at radius 1 is 1.00 bits per heavy atom. The highest BCUT2D eigenvalue weighted by molar-refractivity contribution is 7.89. The molecule has 1 saturated heterocycles. The zero-order valence-electron chi connectivity index (χ0n) is 14.1. The van der Waals surface area contributed by atoms with Crippen LogP contribution in [0.15, 0.2) is 53.4 Å². The first-order chi connectivity index (χ1) is 12.0. The zero-order valence-corrected chi connectivity index (χ0v) is 15.0. The molecule has 132 valence electrons. The molecule has 0 unspecified atom stereocenters. The molecule has 0 amide bonds. The van der Waals surface area contributed by atoms with Crippen molar-refractivity contribution < 1.29 is 17.9 Å². The molecule has 0 N–H and O–H groups in total. The van der Waals surface area contributed by atoms with Crippen LogP contribution in [0.1, 0.15) is 35.2 Å². The van der Waals surface area contributed by atoms with Crippen LogP contribution in [-0.4, -0.2) is 31.8 Å². The minimum Gasteiger partial charge on any atom is -0.423 e. The number of carbonyl (C=O) groups is 1. The molecular weight excluding hydrogens is 338 g/mol. The highest BCUT2D eigenvalue weighted by Crippen LogP contribution is 2.22. The van der Waals surface area contributed by atoms with Crippen LogP contribution in [-0.2, 0) is 10.0 Å². The van der Waals surface area contributed by atoms with E-state index in [-0.39, 0.29) is 10.5 Å². The van der Waals surface area contributed by atoms with Gasteiger partial charge in [-0.2, -0.15) is 4.31 Å². The quantitative estimate of drug-likeness (QED) is 0.620. The smallest absolute Gasteiger partial charge is 0.343 e. The number of aryl methyl sites for hydroxylation is 1. The Bertz CT molecular complexity index is 853. The third kappa shape index (κ3) is 4.08. The first kappa shape index (κ1) is 17.6. The van der Waals surface area contributed by atoms with E-state index >= 15 is 0 Å². The fraction of sp³-hybridized carbons (Fsp3) is 0.316. The van der Waals surface area contributed by atoms with E-state index in [1.807, 2.05) is 19.1 Å². The second kappa shape index (κ2) is 7.37. The van der Waals surface area contributed by atoms with Crippen molar-refractivity contribution in [3.8, 4) is 5.75 Å². The number of carbonyl (C=O) groups excluding carboxylic acids is 1. The fourth-order valence-electron chi connectivity index (χ4n) is 2.81. The Labute approximate surface area is 148 Å². The third-order valence-electron chi connectivity index (χ3n) is 4.25. The van der Waals surface area contributed by atoms with Crippen molar-refractivity contribution >= 4 is 16.0 Å². The summed E-state index contributed by atoms with van der Waals surface area (Å²) in [5.74, 6) is -0.139. The van der Waals surface area contributed by atoms with Crippen molar-refractivity contribution in [1.29, 1.82) is 0 Å². The molecule has 1 fully saturated rings. The molecule has 3 rings (SSSR count). The molecule has 0 atom stereocenters. The highest BCUT2D eigenvalue weighted by atomic mass is 32.2. The van der Waals surface area contributed by atoms with Crippen LogP contribution in [0, 0.1) is 6.92 Å². The number of hydrogen-bond donors (Lipinski definition) is 0. The van der Waals surface area contributed by atoms with Crippen molar-refractivity contribution in [3.05, 3.63) is 59.7 Å². The topological polar surface area (TPSA) is 63.7 Å². The molecule has 1 aliphatic heterocycles. The number of esters is 1. The molecule has 1 aliphatic rings. The van der Waals surface area contributed by atoms with E-state index in [0.29, 0.717) is 18.8 Å². The van der Waals surface area contributed by atoms with Gasteiger partial charge < -0.3 is 4.74 Å². The molecular formula is C19H21NO4S. The van der Waals surface area contributed by atoms with Crippen LogP contribution < -0.4 is 4.74 Å². The molecule has 0 bridgehead atoms. The summed E-state index contributed by atoms with van der Waals surface area (Å²) < 4.78 is 32.3. The van der Waals surface area contributed by atoms with Crippen molar-refractivity contribution in [1.82, 2.24) is 4.31 Å². The lowest BCUT2D eigenvalue weighted by Gasteiger charge is -2.25. The summed E-state index contributed by atoms with van der Waals surface area (Å²) in [6.45, 7) is 3.00. The summed E-state index contributed by atoms with van der Waals surface area (Å²) >= 11 is 0. The van der Waals surface area contributed by atoms with Crippen LogP contribution in [0.5, 0.6) is 5.75 Å². The van der Waals surface area contributed by atoms with E-state index in [1.165, 1.54) is 16.4 Å². The fourth-order valence-corrected chi connectivity index (χ4v) is 4.37. The van der Waals surface area contributed by atoms with E-state index in [4.69, 9.17) is 4.74 Å². The summed E-state index contributed by atoms with van der Waals surface area (Å²) in [6, 6.07) is 13.2. The Morgan fingerprint density at radius 3 is 2.36 bits per heavy atom. The van der Waals surface area contributed by atoms with E-state index in [9.17, 15) is 13.2 Å². The number of nitrogens with zero attached hydrogens (tertiary/aromatic N) is 1. The largest absolute Gasteiger partial charge is 0.423 e. The normalized spacial score (nSPS) is 15.7. The summed E-state index contributed by atoms with van der Waals surface area (Å²) in [5, 5.41) is 0. The monoisotopic (exact) mass is 359 g/mol. The summed E-state index contributed by atoms with van der Waals surface area (Å²) in [7, 11) is -3.57. The van der Waals surface area contributed by atoms with Gasteiger partial charge >= 0.3 is 5.97 Å². The third-order valence-corrected chi connectivity index (χ3v) is 6.15. The van der Waals surface area contributed by atoms with Crippen molar-refractivity contribution in [3.63, 3.8) is 0 Å². The Balaban J connectivity index is 1.80. The standard InChI is InChI=1S/C19H21NO4S/c1-15-8-10-17(11-9-15)24-19(21)16-6-5-7-18(14-16)25(22,23)20-12-3-2-4-13-20/h5-11,14H,2-4,12-13H2,1H3. The molecule has 2 aromatic rings. The number of benzene rings is 2. The lowest BCUT2D eigenvalue weighted by Crippen LogP contribution is -2.35. The second-order valence-electron chi connectivity index (χ2n) is 6.20. The minimum atomic E-state index is -3.57. The maximum absolute atomic E-state index is 12.7. The molecule has 0 spiro atoms. The molecule has 0 aliphatic carbocycles. The van der Waals surface area contributed by atoms with Crippen LogP contribution >= 0.6 is 0 Å². The van der Waals surface area contributed by atoms with Gasteiger partial charge in [-0.1, -0.05) is 30.2 Å². The lowest BCUT2D eigenvalue weighted by atomic mass is 10.2. The minimum absolute atomic E-state index is 0.132. The van der Waals surface area contributed by atoms with Crippen LogP contribution in [0.25, 0.3) is 0 Å². The number of hydrogen-bond acceptors (Lipinski definition) is 4. The predicted octanol–water partition coefficient (Wildman–Crippen LogP) is 3.39. The molecule has 1 heterocycles. The van der Waals surface area contributed by atoms with Crippen LogP contribution in [0.3, 0.4) is 0 Å². The molecule has 25 heavy (non-hydrogen) atoms. The average molecular weight is 359 g/mol. The van der Waals surface area contributed by atoms with Crippen molar-refractivity contribution in [2.75, 3.05) is 13.1 Å². The van der Waals surface area contributed by atoms with Gasteiger partial charge in [-0.25, -0.2) is 13.2 Å². The van der Waals surface area contributed by atoms with Gasteiger partial charge in [0.1, 0.15) is 5.75 Å². The number of rotatable bonds is 4. The van der Waals surface area contributed by atoms with Gasteiger partial charge in [0.15, 0.2) is 0 Å².